The number of piperidine rings is 1. The van der Waals surface area contributed by atoms with Crippen LogP contribution < -0.4 is 10.6 Å². The minimum atomic E-state index is 0.399. The number of anilines is 2. The summed E-state index contributed by atoms with van der Waals surface area (Å²) in [5.74, 6) is 1.90. The van der Waals surface area contributed by atoms with E-state index < -0.39 is 0 Å². The van der Waals surface area contributed by atoms with Gasteiger partial charge in [-0.05, 0) is 46.2 Å². The summed E-state index contributed by atoms with van der Waals surface area (Å²) in [6.07, 6.45) is 6.79. The third kappa shape index (κ3) is 4.84. The highest BCUT2D eigenvalue weighted by atomic mass is 15.2. The lowest BCUT2D eigenvalue weighted by Gasteiger charge is -2.29. The summed E-state index contributed by atoms with van der Waals surface area (Å²) in [6.45, 7) is 11.0. The first-order valence-corrected chi connectivity index (χ1v) is 8.25. The maximum absolute atomic E-state index is 4.40. The Morgan fingerprint density at radius 1 is 1.19 bits per heavy atom. The first-order valence-electron chi connectivity index (χ1n) is 8.25. The van der Waals surface area contributed by atoms with Gasteiger partial charge in [0.05, 0.1) is 0 Å². The third-order valence-electron chi connectivity index (χ3n) is 3.99. The number of hydrogen-bond acceptors (Lipinski definition) is 5. The predicted octanol–water partition coefficient (Wildman–Crippen LogP) is 2.89. The van der Waals surface area contributed by atoms with Gasteiger partial charge in [0.1, 0.15) is 18.0 Å². The molecule has 21 heavy (non-hydrogen) atoms. The van der Waals surface area contributed by atoms with Crippen molar-refractivity contribution in [3.63, 3.8) is 0 Å². The fraction of sp³-hybridized carbons (Fsp3) is 0.750. The zero-order chi connectivity index (χ0) is 15.1. The van der Waals surface area contributed by atoms with Crippen molar-refractivity contribution in [2.75, 3.05) is 36.8 Å². The van der Waals surface area contributed by atoms with Crippen LogP contribution >= 0.6 is 0 Å². The molecule has 1 aliphatic heterocycles. The maximum atomic E-state index is 4.40. The molecule has 0 amide bonds. The molecule has 1 saturated heterocycles. The molecule has 5 heteroatoms. The van der Waals surface area contributed by atoms with E-state index in [1.165, 1.54) is 32.4 Å². The van der Waals surface area contributed by atoms with Crippen molar-refractivity contribution >= 4 is 11.6 Å². The zero-order valence-corrected chi connectivity index (χ0v) is 13.7. The van der Waals surface area contributed by atoms with E-state index in [2.05, 4.69) is 46.3 Å². The molecule has 1 aromatic rings. The first-order chi connectivity index (χ1) is 10.2. The molecule has 2 heterocycles. The van der Waals surface area contributed by atoms with E-state index in [9.17, 15) is 0 Å². The van der Waals surface area contributed by atoms with Gasteiger partial charge in [-0.3, -0.25) is 0 Å². The van der Waals surface area contributed by atoms with Crippen molar-refractivity contribution in [1.29, 1.82) is 0 Å². The molecule has 1 unspecified atom stereocenters. The predicted molar refractivity (Wildman–Crippen MR) is 88.9 cm³/mol. The Bertz CT molecular complexity index is 429. The Hall–Kier alpha value is -1.36. The van der Waals surface area contributed by atoms with Crippen LogP contribution in [-0.2, 0) is 0 Å². The Kier molecular flexibility index (Phi) is 6.23. The topological polar surface area (TPSA) is 53.1 Å². The van der Waals surface area contributed by atoms with Crippen LogP contribution in [0.4, 0.5) is 11.6 Å². The largest absolute Gasteiger partial charge is 0.370 e. The monoisotopic (exact) mass is 291 g/mol. The summed E-state index contributed by atoms with van der Waals surface area (Å²) >= 11 is 0. The summed E-state index contributed by atoms with van der Waals surface area (Å²) in [7, 11) is 0. The summed E-state index contributed by atoms with van der Waals surface area (Å²) < 4.78 is 0. The number of aromatic nitrogens is 2. The molecule has 0 spiro atoms. The van der Waals surface area contributed by atoms with Crippen molar-refractivity contribution in [2.24, 2.45) is 0 Å². The number of nitrogens with zero attached hydrogens (tertiary/aromatic N) is 3. The lowest BCUT2D eigenvalue weighted by Crippen LogP contribution is -2.38. The van der Waals surface area contributed by atoms with Gasteiger partial charge in [-0.15, -0.1) is 0 Å². The van der Waals surface area contributed by atoms with Gasteiger partial charge in [-0.1, -0.05) is 13.3 Å². The quantitative estimate of drug-likeness (QED) is 0.809. The van der Waals surface area contributed by atoms with Gasteiger partial charge in [0.2, 0.25) is 0 Å². The van der Waals surface area contributed by atoms with Crippen molar-refractivity contribution in [3.05, 3.63) is 11.9 Å². The second-order valence-electron chi connectivity index (χ2n) is 6.03. The van der Waals surface area contributed by atoms with Crippen molar-refractivity contribution in [3.8, 4) is 0 Å². The molecule has 0 saturated carbocycles. The summed E-state index contributed by atoms with van der Waals surface area (Å²) in [6, 6.07) is 0.399. The molecule has 1 aromatic heterocycles. The molecule has 5 nitrogen and oxygen atoms in total. The van der Waals surface area contributed by atoms with Gasteiger partial charge in [0, 0.05) is 24.7 Å². The van der Waals surface area contributed by atoms with Crippen LogP contribution in [0.1, 0.15) is 45.1 Å². The smallest absolute Gasteiger partial charge is 0.134 e. The van der Waals surface area contributed by atoms with E-state index in [0.29, 0.717) is 6.04 Å². The maximum Gasteiger partial charge on any atom is 0.134 e. The summed E-state index contributed by atoms with van der Waals surface area (Å²) in [5.41, 5.74) is 1.11. The highest BCUT2D eigenvalue weighted by molar-refractivity contribution is 5.56. The minimum Gasteiger partial charge on any atom is -0.370 e. The zero-order valence-electron chi connectivity index (χ0n) is 13.7. The fourth-order valence-electron chi connectivity index (χ4n) is 2.83. The molecule has 118 valence electrons. The van der Waals surface area contributed by atoms with Crippen LogP contribution in [0.3, 0.4) is 0 Å². The van der Waals surface area contributed by atoms with Gasteiger partial charge in [0.15, 0.2) is 0 Å². The molecular weight excluding hydrogens is 262 g/mol. The van der Waals surface area contributed by atoms with Gasteiger partial charge < -0.3 is 15.5 Å². The molecule has 1 aliphatic rings. The SMILES string of the molecule is CCCNc1ncnc(NC(C)CN2CCCCC2)c1C. The molecule has 2 rings (SSSR count). The van der Waals surface area contributed by atoms with Crippen molar-refractivity contribution in [2.45, 2.75) is 52.5 Å². The lowest BCUT2D eigenvalue weighted by atomic mass is 10.1. The molecule has 2 N–H and O–H groups in total. The van der Waals surface area contributed by atoms with Crippen LogP contribution in [0.15, 0.2) is 6.33 Å². The average Bonchev–Trinajstić information content (AvgIpc) is 2.49. The Labute approximate surface area is 128 Å². The van der Waals surface area contributed by atoms with Gasteiger partial charge >= 0.3 is 0 Å². The lowest BCUT2D eigenvalue weighted by molar-refractivity contribution is 0.223. The molecule has 0 radical (unpaired) electrons. The first kappa shape index (κ1) is 16.0. The van der Waals surface area contributed by atoms with Crippen molar-refractivity contribution in [1.82, 2.24) is 14.9 Å². The number of rotatable bonds is 7. The van der Waals surface area contributed by atoms with E-state index in [0.717, 1.165) is 36.7 Å². The number of likely N-dealkylation sites (tertiary alicyclic amines) is 1. The van der Waals surface area contributed by atoms with Gasteiger partial charge in [-0.25, -0.2) is 9.97 Å². The molecule has 0 aliphatic carbocycles. The summed E-state index contributed by atoms with van der Waals surface area (Å²) in [5, 5.41) is 6.90. The Balaban J connectivity index is 1.91. The number of nitrogens with one attached hydrogen (secondary N) is 2. The van der Waals surface area contributed by atoms with E-state index in [1.807, 2.05) is 0 Å². The van der Waals surface area contributed by atoms with Crippen LogP contribution in [0.25, 0.3) is 0 Å². The summed E-state index contributed by atoms with van der Waals surface area (Å²) in [4.78, 5) is 11.3. The van der Waals surface area contributed by atoms with E-state index in [4.69, 9.17) is 0 Å². The minimum absolute atomic E-state index is 0.399. The molecule has 1 atom stereocenters. The van der Waals surface area contributed by atoms with Gasteiger partial charge in [-0.2, -0.15) is 0 Å². The molecule has 1 fully saturated rings. The van der Waals surface area contributed by atoms with E-state index in [-0.39, 0.29) is 0 Å². The molecular formula is C16H29N5. The van der Waals surface area contributed by atoms with Crippen LogP contribution in [0.5, 0.6) is 0 Å². The fourth-order valence-corrected chi connectivity index (χ4v) is 2.83. The third-order valence-corrected chi connectivity index (χ3v) is 3.99. The number of hydrogen-bond donors (Lipinski definition) is 2. The molecule has 0 bridgehead atoms. The second kappa shape index (κ2) is 8.17. The average molecular weight is 291 g/mol. The standard InChI is InChI=1S/C16H29N5/c1-4-8-17-15-14(3)16(19-12-18-15)20-13(2)11-21-9-6-5-7-10-21/h12-13H,4-11H2,1-3H3,(H2,17,18,19,20). The van der Waals surface area contributed by atoms with Crippen LogP contribution in [-0.4, -0.2) is 47.1 Å². The van der Waals surface area contributed by atoms with Gasteiger partial charge in [0.25, 0.3) is 0 Å². The highest BCUT2D eigenvalue weighted by Crippen LogP contribution is 2.19. The highest BCUT2D eigenvalue weighted by Gasteiger charge is 2.15. The second-order valence-corrected chi connectivity index (χ2v) is 6.03. The normalized spacial score (nSPS) is 17.5. The molecule has 0 aromatic carbocycles. The van der Waals surface area contributed by atoms with E-state index in [1.54, 1.807) is 6.33 Å². The Morgan fingerprint density at radius 3 is 2.62 bits per heavy atom. The van der Waals surface area contributed by atoms with Crippen LogP contribution in [0.2, 0.25) is 0 Å². The van der Waals surface area contributed by atoms with E-state index >= 15 is 0 Å². The Morgan fingerprint density at radius 2 is 1.90 bits per heavy atom. The van der Waals surface area contributed by atoms with Crippen molar-refractivity contribution < 1.29 is 0 Å². The van der Waals surface area contributed by atoms with Crippen LogP contribution in [0, 0.1) is 6.92 Å².